The molecule has 0 atom stereocenters. The first-order valence-electron chi connectivity index (χ1n) is 7.43. The molecule has 1 N–H and O–H groups in total. The van der Waals surface area contributed by atoms with Gasteiger partial charge in [0.1, 0.15) is 0 Å². The van der Waals surface area contributed by atoms with Gasteiger partial charge in [0.05, 0.1) is 5.60 Å². The topological polar surface area (TPSA) is 63.8 Å². The molecule has 0 aliphatic rings. The zero-order chi connectivity index (χ0) is 16.0. The summed E-state index contributed by atoms with van der Waals surface area (Å²) >= 11 is 1.53. The Morgan fingerprint density at radius 3 is 2.73 bits per heavy atom. The van der Waals surface area contributed by atoms with Gasteiger partial charge in [-0.05, 0) is 25.0 Å². The maximum Gasteiger partial charge on any atom is 0.191 e. The molecule has 0 saturated heterocycles. The van der Waals surface area contributed by atoms with Gasteiger partial charge < -0.3 is 5.11 Å². The Morgan fingerprint density at radius 1 is 1.36 bits per heavy atom. The summed E-state index contributed by atoms with van der Waals surface area (Å²) in [5.41, 5.74) is 0.259. The molecular formula is C16H22N4OS. The maximum atomic E-state index is 10.4. The van der Waals surface area contributed by atoms with Crippen molar-refractivity contribution in [1.29, 1.82) is 0 Å². The number of rotatable bonds is 8. The van der Waals surface area contributed by atoms with Crippen LogP contribution in [0.1, 0.15) is 26.7 Å². The molecule has 2 rings (SSSR count). The molecule has 0 unspecified atom stereocenters. The van der Waals surface area contributed by atoms with Crippen LogP contribution in [0, 0.1) is 0 Å². The first-order chi connectivity index (χ1) is 10.6. The molecule has 0 aromatic carbocycles. The number of aromatic nitrogens is 4. The molecule has 2 heterocycles. The molecule has 22 heavy (non-hydrogen) atoms. The molecule has 5 nitrogen and oxygen atoms in total. The van der Waals surface area contributed by atoms with Crippen molar-refractivity contribution in [1.82, 2.24) is 19.7 Å². The highest BCUT2D eigenvalue weighted by Gasteiger charge is 2.24. The Bertz CT molecular complexity index is 608. The smallest absolute Gasteiger partial charge is 0.191 e. The minimum atomic E-state index is -0.663. The maximum absolute atomic E-state index is 10.4. The van der Waals surface area contributed by atoms with Gasteiger partial charge in [0.25, 0.3) is 0 Å². The Morgan fingerprint density at radius 2 is 2.14 bits per heavy atom. The molecule has 0 bridgehead atoms. The van der Waals surface area contributed by atoms with E-state index in [1.54, 1.807) is 12.4 Å². The average Bonchev–Trinajstić information content (AvgIpc) is 2.97. The number of thioether (sulfide) groups is 1. The summed E-state index contributed by atoms with van der Waals surface area (Å²) in [6.07, 6.45) is 6.77. The molecule has 2 aromatic rings. The lowest BCUT2D eigenvalue weighted by Gasteiger charge is -2.24. The Kier molecular flexibility index (Phi) is 5.74. The van der Waals surface area contributed by atoms with E-state index in [-0.39, 0.29) is 0 Å². The second-order valence-electron chi connectivity index (χ2n) is 5.17. The summed E-state index contributed by atoms with van der Waals surface area (Å²) < 4.78 is 2.00. The largest absolute Gasteiger partial charge is 0.389 e. The van der Waals surface area contributed by atoms with Crippen LogP contribution >= 0.6 is 11.8 Å². The van der Waals surface area contributed by atoms with Crippen molar-refractivity contribution in [2.24, 2.45) is 0 Å². The third-order valence-corrected chi connectivity index (χ3v) is 4.98. The van der Waals surface area contributed by atoms with Crippen molar-refractivity contribution < 1.29 is 5.11 Å². The molecule has 2 aromatic heterocycles. The van der Waals surface area contributed by atoms with Crippen molar-refractivity contribution in [2.45, 2.75) is 44.0 Å². The third-order valence-electron chi connectivity index (χ3n) is 3.73. The summed E-state index contributed by atoms with van der Waals surface area (Å²) in [5.74, 6) is 1.37. The van der Waals surface area contributed by atoms with Gasteiger partial charge in [0, 0.05) is 30.3 Å². The van der Waals surface area contributed by atoms with Gasteiger partial charge in [-0.2, -0.15) is 0 Å². The number of aliphatic hydroxyl groups is 1. The highest BCUT2D eigenvalue weighted by Crippen LogP contribution is 2.28. The van der Waals surface area contributed by atoms with Crippen molar-refractivity contribution in [3.05, 3.63) is 37.2 Å². The lowest BCUT2D eigenvalue weighted by molar-refractivity contribution is 0.0571. The van der Waals surface area contributed by atoms with Crippen molar-refractivity contribution in [3.8, 4) is 11.4 Å². The number of pyridine rings is 1. The van der Waals surface area contributed by atoms with Crippen LogP contribution in [-0.2, 0) is 6.54 Å². The molecule has 6 heteroatoms. The number of allylic oxidation sites excluding steroid dienone is 1. The van der Waals surface area contributed by atoms with E-state index in [1.807, 2.05) is 36.6 Å². The van der Waals surface area contributed by atoms with Crippen LogP contribution in [0.25, 0.3) is 11.4 Å². The zero-order valence-electron chi connectivity index (χ0n) is 13.1. The van der Waals surface area contributed by atoms with E-state index in [9.17, 15) is 5.11 Å². The molecule has 0 saturated carbocycles. The van der Waals surface area contributed by atoms with Gasteiger partial charge in [-0.3, -0.25) is 9.55 Å². The summed E-state index contributed by atoms with van der Waals surface area (Å²) in [7, 11) is 0. The van der Waals surface area contributed by atoms with Crippen LogP contribution in [0.15, 0.2) is 42.3 Å². The summed E-state index contributed by atoms with van der Waals surface area (Å²) in [6, 6.07) is 3.83. The Balaban J connectivity index is 2.26. The van der Waals surface area contributed by atoms with Gasteiger partial charge in [0.2, 0.25) is 0 Å². The fourth-order valence-corrected chi connectivity index (χ4v) is 3.27. The predicted molar refractivity (Wildman–Crippen MR) is 89.7 cm³/mol. The van der Waals surface area contributed by atoms with Gasteiger partial charge in [0.15, 0.2) is 11.0 Å². The lowest BCUT2D eigenvalue weighted by atomic mass is 10.0. The summed E-state index contributed by atoms with van der Waals surface area (Å²) in [5, 5.41) is 19.8. The van der Waals surface area contributed by atoms with E-state index in [0.29, 0.717) is 12.3 Å². The minimum absolute atomic E-state index is 0.600. The van der Waals surface area contributed by atoms with Crippen molar-refractivity contribution >= 4 is 11.8 Å². The van der Waals surface area contributed by atoms with E-state index in [0.717, 1.165) is 29.4 Å². The number of hydrogen-bond donors (Lipinski definition) is 1. The molecule has 0 spiro atoms. The normalized spacial score (nSPS) is 11.6. The predicted octanol–water partition coefficient (Wildman–Crippen LogP) is 3.17. The average molecular weight is 318 g/mol. The Labute approximate surface area is 135 Å². The standard InChI is InChI=1S/C16H22N4OS/c1-4-10-20-14(13-8-7-9-17-11-13)18-19-15(20)22-12-16(21,5-2)6-3/h4,7-9,11,21H,1,5-6,10,12H2,2-3H3. The van der Waals surface area contributed by atoms with Gasteiger partial charge in [-0.1, -0.05) is 31.7 Å². The fourth-order valence-electron chi connectivity index (χ4n) is 2.05. The quantitative estimate of drug-likeness (QED) is 0.598. The van der Waals surface area contributed by atoms with E-state index in [4.69, 9.17) is 0 Å². The molecule has 0 fully saturated rings. The second-order valence-corrected chi connectivity index (χ2v) is 6.11. The first-order valence-corrected chi connectivity index (χ1v) is 8.41. The molecule has 0 radical (unpaired) electrons. The van der Waals surface area contributed by atoms with E-state index in [2.05, 4.69) is 21.8 Å². The van der Waals surface area contributed by atoms with E-state index in [1.165, 1.54) is 11.8 Å². The number of hydrogen-bond acceptors (Lipinski definition) is 5. The van der Waals surface area contributed by atoms with E-state index >= 15 is 0 Å². The van der Waals surface area contributed by atoms with Crippen LogP contribution in [0.3, 0.4) is 0 Å². The zero-order valence-corrected chi connectivity index (χ0v) is 13.9. The van der Waals surface area contributed by atoms with E-state index < -0.39 is 5.60 Å². The van der Waals surface area contributed by atoms with Crippen molar-refractivity contribution in [3.63, 3.8) is 0 Å². The van der Waals surface area contributed by atoms with Crippen LogP contribution < -0.4 is 0 Å². The molecule has 0 amide bonds. The fraction of sp³-hybridized carbons (Fsp3) is 0.438. The van der Waals surface area contributed by atoms with Crippen LogP contribution in [0.2, 0.25) is 0 Å². The van der Waals surface area contributed by atoms with Crippen LogP contribution in [-0.4, -0.2) is 36.2 Å². The molecule has 0 aliphatic carbocycles. The highest BCUT2D eigenvalue weighted by atomic mass is 32.2. The molecule has 0 aliphatic heterocycles. The Hall–Kier alpha value is -1.66. The van der Waals surface area contributed by atoms with Crippen LogP contribution in [0.5, 0.6) is 0 Å². The van der Waals surface area contributed by atoms with Gasteiger partial charge in [-0.15, -0.1) is 16.8 Å². The lowest BCUT2D eigenvalue weighted by Crippen LogP contribution is -2.29. The highest BCUT2D eigenvalue weighted by molar-refractivity contribution is 7.99. The SMILES string of the molecule is C=CCn1c(SCC(O)(CC)CC)nnc1-c1cccnc1. The molecule has 118 valence electrons. The van der Waals surface area contributed by atoms with Crippen LogP contribution in [0.4, 0.5) is 0 Å². The van der Waals surface area contributed by atoms with Crippen molar-refractivity contribution in [2.75, 3.05) is 5.75 Å². The van der Waals surface area contributed by atoms with Gasteiger partial charge in [-0.25, -0.2) is 0 Å². The minimum Gasteiger partial charge on any atom is -0.389 e. The first kappa shape index (κ1) is 16.7. The monoisotopic (exact) mass is 318 g/mol. The number of nitrogens with zero attached hydrogens (tertiary/aromatic N) is 4. The van der Waals surface area contributed by atoms with Gasteiger partial charge >= 0.3 is 0 Å². The molecular weight excluding hydrogens is 296 g/mol. The summed E-state index contributed by atoms with van der Waals surface area (Å²) in [6.45, 7) is 8.42. The third kappa shape index (κ3) is 3.75. The summed E-state index contributed by atoms with van der Waals surface area (Å²) in [4.78, 5) is 4.13. The second kappa shape index (κ2) is 7.56.